The van der Waals surface area contributed by atoms with E-state index in [0.29, 0.717) is 13.0 Å². The number of allylic oxidation sites excluding steroid dienone is 1. The van der Waals surface area contributed by atoms with Crippen LogP contribution in [-0.4, -0.2) is 57.5 Å². The molecule has 6 nitrogen and oxygen atoms in total. The van der Waals surface area contributed by atoms with Crippen LogP contribution in [0.3, 0.4) is 0 Å². The number of carboxylic acid groups (broad SMARTS) is 1. The second kappa shape index (κ2) is 11.1. The van der Waals surface area contributed by atoms with Crippen LogP contribution in [0.15, 0.2) is 23.8 Å². The van der Waals surface area contributed by atoms with Crippen molar-refractivity contribution in [3.05, 3.63) is 34.9 Å². The lowest BCUT2D eigenvalue weighted by atomic mass is 9.79. The highest BCUT2D eigenvalue weighted by atomic mass is 16.5. The van der Waals surface area contributed by atoms with E-state index in [1.54, 1.807) is 0 Å². The molecule has 1 aromatic carbocycles. The third-order valence-electron chi connectivity index (χ3n) is 7.16. The minimum absolute atomic E-state index is 0.0113. The Labute approximate surface area is 204 Å². The number of phenolic OH excluding ortho intramolecular Hbond substituents is 1. The van der Waals surface area contributed by atoms with Crippen LogP contribution in [0.1, 0.15) is 96.6 Å². The van der Waals surface area contributed by atoms with Crippen molar-refractivity contribution in [3.63, 3.8) is 0 Å². The van der Waals surface area contributed by atoms with Crippen molar-refractivity contribution in [1.82, 2.24) is 4.90 Å². The van der Waals surface area contributed by atoms with Crippen molar-refractivity contribution in [2.24, 2.45) is 0 Å². The molecular weight excluding hydrogens is 430 g/mol. The molecule has 2 unspecified atom stereocenters. The van der Waals surface area contributed by atoms with Gasteiger partial charge in [-0.2, -0.15) is 0 Å². The van der Waals surface area contributed by atoms with Gasteiger partial charge in [0.2, 0.25) is 0 Å². The maximum Gasteiger partial charge on any atom is 0.304 e. The lowest BCUT2D eigenvalue weighted by molar-refractivity contribution is -0.138. The predicted octanol–water partition coefficient (Wildman–Crippen LogP) is 5.36. The third-order valence-corrected chi connectivity index (χ3v) is 7.16. The van der Waals surface area contributed by atoms with Crippen molar-refractivity contribution in [1.29, 1.82) is 0 Å². The molecule has 1 aromatic rings. The van der Waals surface area contributed by atoms with Crippen LogP contribution in [-0.2, 0) is 10.2 Å². The molecule has 1 aliphatic carbocycles. The number of carboxylic acids is 1. The fraction of sp³-hybridized carbons (Fsp3) is 0.679. The van der Waals surface area contributed by atoms with E-state index in [0.717, 1.165) is 61.1 Å². The monoisotopic (exact) mass is 473 g/mol. The molecule has 0 bridgehead atoms. The zero-order valence-electron chi connectivity index (χ0n) is 21.5. The first-order valence-electron chi connectivity index (χ1n) is 12.8. The Morgan fingerprint density at radius 1 is 1.21 bits per heavy atom. The molecule has 0 aromatic heterocycles. The molecular formula is C28H43NO5. The third kappa shape index (κ3) is 6.76. The molecule has 1 heterocycles. The van der Waals surface area contributed by atoms with E-state index in [2.05, 4.69) is 37.8 Å². The lowest BCUT2D eigenvalue weighted by Gasteiger charge is -2.37. The van der Waals surface area contributed by atoms with E-state index >= 15 is 0 Å². The number of aliphatic hydroxyl groups is 1. The molecule has 1 saturated heterocycles. The summed E-state index contributed by atoms with van der Waals surface area (Å²) in [5.74, 6) is 0.281. The Hall–Kier alpha value is -2.05. The molecule has 3 atom stereocenters. The van der Waals surface area contributed by atoms with Crippen molar-refractivity contribution >= 4 is 5.97 Å². The van der Waals surface area contributed by atoms with Crippen LogP contribution in [0.25, 0.3) is 0 Å². The summed E-state index contributed by atoms with van der Waals surface area (Å²) in [4.78, 5) is 13.4. The van der Waals surface area contributed by atoms with E-state index in [4.69, 9.17) is 4.74 Å². The van der Waals surface area contributed by atoms with Gasteiger partial charge in [0, 0.05) is 18.2 Å². The molecule has 0 saturated carbocycles. The molecule has 6 heteroatoms. The molecule has 1 fully saturated rings. The number of rotatable bonds is 8. The Kier molecular flexibility index (Phi) is 8.69. The molecule has 3 N–H and O–H groups in total. The van der Waals surface area contributed by atoms with Crippen molar-refractivity contribution < 1.29 is 24.9 Å². The van der Waals surface area contributed by atoms with Gasteiger partial charge in [0.1, 0.15) is 11.5 Å². The minimum atomic E-state index is -0.782. The molecule has 0 spiro atoms. The second-order valence-electron chi connectivity index (χ2n) is 11.3. The molecule has 34 heavy (non-hydrogen) atoms. The average Bonchev–Trinajstić information content (AvgIpc) is 2.73. The zero-order chi connectivity index (χ0) is 25.0. The van der Waals surface area contributed by atoms with E-state index in [1.807, 2.05) is 19.9 Å². The number of aliphatic hydroxyl groups excluding tert-OH is 1. The zero-order valence-corrected chi connectivity index (χ0v) is 21.5. The first-order valence-corrected chi connectivity index (χ1v) is 12.8. The fourth-order valence-corrected chi connectivity index (χ4v) is 5.34. The number of β-amino-alcohol motifs (C(OH)–C–C–N with tert-alkyl or cyclic N) is 1. The SMILES string of the molecule is CC(C)Oc1cc(C(C)(C)C)cc(O)c1[C@H]1CCC=C(C(O)CN2CCCCC2CC(=O)O)C1. The van der Waals surface area contributed by atoms with Gasteiger partial charge in [-0.15, -0.1) is 0 Å². The fourth-order valence-electron chi connectivity index (χ4n) is 5.34. The maximum absolute atomic E-state index is 11.3. The van der Waals surface area contributed by atoms with Gasteiger partial charge in [0.05, 0.1) is 18.6 Å². The van der Waals surface area contributed by atoms with E-state index in [9.17, 15) is 20.1 Å². The summed E-state index contributed by atoms with van der Waals surface area (Å²) in [6, 6.07) is 3.91. The number of hydrogen-bond acceptors (Lipinski definition) is 5. The van der Waals surface area contributed by atoms with Crippen LogP contribution < -0.4 is 4.74 Å². The summed E-state index contributed by atoms with van der Waals surface area (Å²) in [5.41, 5.74) is 2.73. The minimum Gasteiger partial charge on any atom is -0.508 e. The number of nitrogens with zero attached hydrogens (tertiary/aromatic N) is 1. The second-order valence-corrected chi connectivity index (χ2v) is 11.3. The molecule has 3 rings (SSSR count). The molecule has 1 aliphatic heterocycles. The molecule has 2 aliphatic rings. The Morgan fingerprint density at radius 3 is 2.59 bits per heavy atom. The van der Waals surface area contributed by atoms with Crippen molar-refractivity contribution in [2.45, 2.75) is 109 Å². The van der Waals surface area contributed by atoms with Gasteiger partial charge >= 0.3 is 5.97 Å². The number of aliphatic carboxylic acids is 1. The average molecular weight is 474 g/mol. The van der Waals surface area contributed by atoms with Gasteiger partial charge in [0.25, 0.3) is 0 Å². The number of phenols is 1. The first-order chi connectivity index (χ1) is 16.0. The largest absolute Gasteiger partial charge is 0.508 e. The van der Waals surface area contributed by atoms with E-state index < -0.39 is 12.1 Å². The summed E-state index contributed by atoms with van der Waals surface area (Å²) in [5, 5.41) is 31.5. The highest BCUT2D eigenvalue weighted by molar-refractivity contribution is 5.67. The number of likely N-dealkylation sites (tertiary alicyclic amines) is 1. The van der Waals surface area contributed by atoms with E-state index in [1.165, 1.54) is 0 Å². The summed E-state index contributed by atoms with van der Waals surface area (Å²) < 4.78 is 6.18. The highest BCUT2D eigenvalue weighted by Gasteiger charge is 2.31. The summed E-state index contributed by atoms with van der Waals surface area (Å²) in [6.45, 7) is 11.6. The summed E-state index contributed by atoms with van der Waals surface area (Å²) in [7, 11) is 0. The standard InChI is InChI=1S/C28H43NO5/c1-18(2)34-25-15-21(28(3,4)5)14-23(30)27(25)20-10-8-9-19(13-20)24(31)17-29-12-7-6-11-22(29)16-26(32)33/h9,14-15,18,20,22,24,30-31H,6-8,10-13,16-17H2,1-5H3,(H,32,33)/t20-,22?,24?/m0/s1. The number of piperidine rings is 1. The number of ether oxygens (including phenoxy) is 1. The summed E-state index contributed by atoms with van der Waals surface area (Å²) in [6.07, 6.45) is 6.92. The highest BCUT2D eigenvalue weighted by Crippen LogP contribution is 2.45. The van der Waals surface area contributed by atoms with Gasteiger partial charge in [0.15, 0.2) is 0 Å². The molecule has 0 radical (unpaired) electrons. The van der Waals surface area contributed by atoms with Crippen LogP contribution in [0, 0.1) is 0 Å². The van der Waals surface area contributed by atoms with Gasteiger partial charge < -0.3 is 20.1 Å². The lowest BCUT2D eigenvalue weighted by Crippen LogP contribution is -2.45. The van der Waals surface area contributed by atoms with Gasteiger partial charge in [-0.05, 0) is 87.1 Å². The molecule has 0 amide bonds. The predicted molar refractivity (Wildman–Crippen MR) is 135 cm³/mol. The number of hydrogen-bond donors (Lipinski definition) is 3. The topological polar surface area (TPSA) is 90.2 Å². The van der Waals surface area contributed by atoms with Crippen LogP contribution in [0.4, 0.5) is 0 Å². The Bertz CT molecular complexity index is 886. The van der Waals surface area contributed by atoms with Crippen molar-refractivity contribution in [2.75, 3.05) is 13.1 Å². The van der Waals surface area contributed by atoms with Gasteiger partial charge in [-0.25, -0.2) is 0 Å². The van der Waals surface area contributed by atoms with Crippen LogP contribution in [0.5, 0.6) is 11.5 Å². The smallest absolute Gasteiger partial charge is 0.304 e. The maximum atomic E-state index is 11.3. The van der Waals surface area contributed by atoms with Crippen LogP contribution >= 0.6 is 0 Å². The van der Waals surface area contributed by atoms with E-state index in [-0.39, 0.29) is 35.6 Å². The normalized spacial score (nSPS) is 23.0. The van der Waals surface area contributed by atoms with Crippen LogP contribution in [0.2, 0.25) is 0 Å². The summed E-state index contributed by atoms with van der Waals surface area (Å²) >= 11 is 0. The van der Waals surface area contributed by atoms with Gasteiger partial charge in [-0.1, -0.05) is 33.3 Å². The first kappa shape index (κ1) is 26.6. The molecule has 190 valence electrons. The van der Waals surface area contributed by atoms with Gasteiger partial charge in [-0.3, -0.25) is 9.69 Å². The Balaban J connectivity index is 1.79. The quantitative estimate of drug-likeness (QED) is 0.440. The Morgan fingerprint density at radius 2 is 1.94 bits per heavy atom. The number of carbonyl (C=O) groups is 1. The number of aromatic hydroxyl groups is 1. The number of benzene rings is 1. The van der Waals surface area contributed by atoms with Crippen molar-refractivity contribution in [3.8, 4) is 11.5 Å².